The Morgan fingerprint density at radius 1 is 1.18 bits per heavy atom. The summed E-state index contributed by atoms with van der Waals surface area (Å²) < 4.78 is 61.3. The summed E-state index contributed by atoms with van der Waals surface area (Å²) in [5.74, 6) is -1.93. The van der Waals surface area contributed by atoms with E-state index in [4.69, 9.17) is 16.3 Å². The van der Waals surface area contributed by atoms with Crippen LogP contribution in [-0.2, 0) is 14.8 Å². The zero-order chi connectivity index (χ0) is 23.6. The lowest BCUT2D eigenvalue weighted by Crippen LogP contribution is -2.42. The number of hydrogen-bond acceptors (Lipinski definition) is 6. The van der Waals surface area contributed by atoms with Gasteiger partial charge >= 0.3 is 0 Å². The molecule has 1 atom stereocenters. The molecule has 2 saturated heterocycles. The number of nitrogens with one attached hydrogen (secondary N) is 1. The number of anilines is 1. The molecule has 0 unspecified atom stereocenters. The van der Waals surface area contributed by atoms with E-state index in [0.29, 0.717) is 24.8 Å². The topological polar surface area (TPSA) is 93.5 Å². The fourth-order valence-electron chi connectivity index (χ4n) is 4.24. The van der Waals surface area contributed by atoms with Gasteiger partial charge in [-0.2, -0.15) is 9.40 Å². The Hall–Kier alpha value is -2.08. The average Bonchev–Trinajstić information content (AvgIpc) is 2.80. The van der Waals surface area contributed by atoms with Gasteiger partial charge in [-0.15, -0.1) is 0 Å². The first-order valence-electron chi connectivity index (χ1n) is 10.8. The van der Waals surface area contributed by atoms with E-state index in [0.717, 1.165) is 42.0 Å². The second-order valence-electron chi connectivity index (χ2n) is 8.27. The molecule has 1 aromatic carbocycles. The van der Waals surface area contributed by atoms with Gasteiger partial charge in [-0.05, 0) is 43.7 Å². The predicted octanol–water partition coefficient (Wildman–Crippen LogP) is 3.04. The minimum absolute atomic E-state index is 0.00576. The van der Waals surface area contributed by atoms with Gasteiger partial charge in [0.2, 0.25) is 10.0 Å². The Balaban J connectivity index is 1.43. The number of piperidine rings is 1. The van der Waals surface area contributed by atoms with Crippen LogP contribution in [0.2, 0.25) is 5.02 Å². The largest absolute Gasteiger partial charge is 0.382 e. The third kappa shape index (κ3) is 5.06. The van der Waals surface area contributed by atoms with Crippen LogP contribution in [0.5, 0.6) is 0 Å². The van der Waals surface area contributed by atoms with E-state index < -0.39 is 32.1 Å². The van der Waals surface area contributed by atoms with Crippen molar-refractivity contribution in [2.75, 3.05) is 38.2 Å². The quantitative estimate of drug-likeness (QED) is 0.652. The summed E-state index contributed by atoms with van der Waals surface area (Å²) >= 11 is 6.29. The lowest BCUT2D eigenvalue weighted by molar-refractivity contribution is 0.0595. The van der Waals surface area contributed by atoms with E-state index in [1.54, 1.807) is 0 Å². The molecule has 33 heavy (non-hydrogen) atoms. The van der Waals surface area contributed by atoms with Crippen molar-refractivity contribution in [3.05, 3.63) is 51.4 Å². The maximum Gasteiger partial charge on any atom is 0.287 e. The van der Waals surface area contributed by atoms with Crippen molar-refractivity contribution >= 4 is 27.3 Å². The minimum Gasteiger partial charge on any atom is -0.382 e. The van der Waals surface area contributed by atoms with E-state index in [1.165, 1.54) is 10.9 Å². The standard InChI is InChI=1S/C21H25ClF2N4O4S/c22-19-18(25-11-14-3-2-10-32-13-14)12-26-28(21(19)29)15-6-8-27(9-7-15)33(30,31)20-16(23)4-1-5-17(20)24/h1,4-5,12,14-15,25H,2-3,6-11,13H2/t14-/m1/s1. The van der Waals surface area contributed by atoms with Crippen LogP contribution in [-0.4, -0.2) is 55.4 Å². The summed E-state index contributed by atoms with van der Waals surface area (Å²) in [6, 6.07) is 2.54. The maximum absolute atomic E-state index is 14.0. The van der Waals surface area contributed by atoms with Crippen LogP contribution < -0.4 is 10.9 Å². The third-order valence-corrected chi connectivity index (χ3v) is 8.38. The van der Waals surface area contributed by atoms with Crippen LogP contribution in [0.4, 0.5) is 14.5 Å². The third-order valence-electron chi connectivity index (χ3n) is 6.07. The first-order chi connectivity index (χ1) is 15.8. The lowest BCUT2D eigenvalue weighted by atomic mass is 10.0. The number of aromatic nitrogens is 2. The van der Waals surface area contributed by atoms with Gasteiger partial charge in [0.1, 0.15) is 16.7 Å². The van der Waals surface area contributed by atoms with Crippen molar-refractivity contribution in [2.24, 2.45) is 5.92 Å². The van der Waals surface area contributed by atoms with Crippen molar-refractivity contribution < 1.29 is 21.9 Å². The minimum atomic E-state index is -4.34. The average molecular weight is 503 g/mol. The summed E-state index contributed by atoms with van der Waals surface area (Å²) in [4.78, 5) is 11.8. The van der Waals surface area contributed by atoms with Crippen molar-refractivity contribution in [2.45, 2.75) is 36.6 Å². The fraction of sp³-hybridized carbons (Fsp3) is 0.524. The monoisotopic (exact) mass is 502 g/mol. The Bertz CT molecular complexity index is 1140. The predicted molar refractivity (Wildman–Crippen MR) is 119 cm³/mol. The molecule has 1 aromatic heterocycles. The number of benzene rings is 1. The van der Waals surface area contributed by atoms with Crippen molar-refractivity contribution in [3.63, 3.8) is 0 Å². The van der Waals surface area contributed by atoms with Crippen LogP contribution in [0.15, 0.2) is 34.1 Å². The molecule has 1 N–H and O–H groups in total. The van der Waals surface area contributed by atoms with Gasteiger partial charge in [0, 0.05) is 26.2 Å². The highest BCUT2D eigenvalue weighted by Crippen LogP contribution is 2.29. The first-order valence-corrected chi connectivity index (χ1v) is 12.6. The lowest BCUT2D eigenvalue weighted by Gasteiger charge is -2.31. The highest BCUT2D eigenvalue weighted by molar-refractivity contribution is 7.89. The molecule has 3 heterocycles. The van der Waals surface area contributed by atoms with Crippen LogP contribution >= 0.6 is 11.6 Å². The number of sulfonamides is 1. The van der Waals surface area contributed by atoms with Crippen LogP contribution in [0.3, 0.4) is 0 Å². The number of rotatable bonds is 6. The summed E-state index contributed by atoms with van der Waals surface area (Å²) in [5, 5.41) is 7.42. The second-order valence-corrected chi connectivity index (χ2v) is 10.5. The molecule has 2 fully saturated rings. The van der Waals surface area contributed by atoms with Gasteiger partial charge < -0.3 is 10.1 Å². The van der Waals surface area contributed by atoms with Gasteiger partial charge in [0.05, 0.1) is 24.5 Å². The SMILES string of the molecule is O=c1c(Cl)c(NC[C@H]2CCCOC2)cnn1C1CCN(S(=O)(=O)c2c(F)cccc2F)CC1. The number of ether oxygens (including phenoxy) is 1. The first kappa shape index (κ1) is 24.1. The van der Waals surface area contributed by atoms with E-state index in [-0.39, 0.29) is 37.0 Å². The molecule has 8 nitrogen and oxygen atoms in total. The summed E-state index contributed by atoms with van der Waals surface area (Å²) in [6.45, 7) is 2.04. The van der Waals surface area contributed by atoms with Gasteiger partial charge in [-0.3, -0.25) is 4.79 Å². The highest BCUT2D eigenvalue weighted by Gasteiger charge is 2.34. The van der Waals surface area contributed by atoms with E-state index in [1.807, 2.05) is 0 Å². The molecule has 0 amide bonds. The molecule has 0 saturated carbocycles. The molecule has 0 aliphatic carbocycles. The molecule has 12 heteroatoms. The van der Waals surface area contributed by atoms with Gasteiger partial charge in [0.15, 0.2) is 4.90 Å². The molecule has 0 bridgehead atoms. The number of nitrogens with zero attached hydrogens (tertiary/aromatic N) is 3. The Morgan fingerprint density at radius 3 is 2.52 bits per heavy atom. The van der Waals surface area contributed by atoms with Gasteiger partial charge in [-0.25, -0.2) is 21.9 Å². The molecule has 0 spiro atoms. The molecule has 0 radical (unpaired) electrons. The maximum atomic E-state index is 14.0. The van der Waals surface area contributed by atoms with E-state index >= 15 is 0 Å². The molecule has 2 aromatic rings. The van der Waals surface area contributed by atoms with Crippen LogP contribution in [0.1, 0.15) is 31.7 Å². The normalized spacial score (nSPS) is 20.6. The number of hydrogen-bond donors (Lipinski definition) is 1. The molecular formula is C21H25ClF2N4O4S. The Labute approximate surface area is 195 Å². The highest BCUT2D eigenvalue weighted by atomic mass is 35.5. The van der Waals surface area contributed by atoms with Crippen molar-refractivity contribution in [3.8, 4) is 0 Å². The van der Waals surface area contributed by atoms with E-state index in [2.05, 4.69) is 10.4 Å². The summed E-state index contributed by atoms with van der Waals surface area (Å²) in [7, 11) is -4.34. The number of halogens is 3. The smallest absolute Gasteiger partial charge is 0.287 e. The zero-order valence-electron chi connectivity index (χ0n) is 17.8. The van der Waals surface area contributed by atoms with Gasteiger partial charge in [0.25, 0.3) is 5.56 Å². The fourth-order valence-corrected chi connectivity index (χ4v) is 6.02. The van der Waals surface area contributed by atoms with Gasteiger partial charge in [-0.1, -0.05) is 17.7 Å². The summed E-state index contributed by atoms with van der Waals surface area (Å²) in [6.07, 6.45) is 4.03. The second kappa shape index (κ2) is 10.0. The Morgan fingerprint density at radius 2 is 1.88 bits per heavy atom. The van der Waals surface area contributed by atoms with E-state index in [9.17, 15) is 22.0 Å². The Kier molecular flexibility index (Phi) is 7.32. The van der Waals surface area contributed by atoms with Crippen molar-refractivity contribution in [1.29, 1.82) is 0 Å². The molecule has 2 aliphatic rings. The molecule has 180 valence electrons. The molecule has 2 aliphatic heterocycles. The van der Waals surface area contributed by atoms with Crippen molar-refractivity contribution in [1.82, 2.24) is 14.1 Å². The summed E-state index contributed by atoms with van der Waals surface area (Å²) in [5.41, 5.74) is -0.0263. The molecular weight excluding hydrogens is 478 g/mol. The molecule has 4 rings (SSSR count). The van der Waals surface area contributed by atoms with Crippen LogP contribution in [0, 0.1) is 17.6 Å². The van der Waals surface area contributed by atoms with Crippen LogP contribution in [0.25, 0.3) is 0 Å². The zero-order valence-corrected chi connectivity index (χ0v) is 19.4.